The van der Waals surface area contributed by atoms with Gasteiger partial charge in [-0.1, -0.05) is 6.08 Å². The Morgan fingerprint density at radius 2 is 2.28 bits per heavy atom. The highest BCUT2D eigenvalue weighted by atomic mass is 16.5. The van der Waals surface area contributed by atoms with Gasteiger partial charge in [0, 0.05) is 19.7 Å². The number of carbonyl (C=O) groups excluding carboxylic acids is 1. The van der Waals surface area contributed by atoms with E-state index in [2.05, 4.69) is 11.9 Å². The molecule has 102 valence electrons. The molecular formula is C12H20N2O4. The first-order chi connectivity index (χ1) is 8.60. The largest absolute Gasteiger partial charge is 0.480 e. The fraction of sp³-hybridized carbons (Fsp3) is 0.667. The molecule has 0 aromatic carbocycles. The molecule has 1 saturated carbocycles. The Labute approximate surface area is 107 Å². The van der Waals surface area contributed by atoms with Crippen LogP contribution < -0.4 is 5.32 Å². The van der Waals surface area contributed by atoms with Crippen molar-refractivity contribution in [1.29, 1.82) is 0 Å². The molecule has 1 unspecified atom stereocenters. The van der Waals surface area contributed by atoms with Crippen LogP contribution in [0.3, 0.4) is 0 Å². The zero-order valence-electron chi connectivity index (χ0n) is 10.6. The van der Waals surface area contributed by atoms with Gasteiger partial charge in [-0.2, -0.15) is 0 Å². The van der Waals surface area contributed by atoms with Gasteiger partial charge >= 0.3 is 12.0 Å². The van der Waals surface area contributed by atoms with Gasteiger partial charge in [0.15, 0.2) is 0 Å². The van der Waals surface area contributed by atoms with Crippen LogP contribution in [-0.4, -0.2) is 54.4 Å². The highest BCUT2D eigenvalue weighted by Gasteiger charge is 2.33. The summed E-state index contributed by atoms with van der Waals surface area (Å²) in [7, 11) is 1.57. The molecule has 2 N–H and O–H groups in total. The van der Waals surface area contributed by atoms with E-state index in [1.165, 1.54) is 6.08 Å². The standard InChI is InChI=1S/C12H20N2O4/c1-3-4-10(11(15)16)13-12(17)14(7-8-18-2)9-5-6-9/h3,9-10H,1,4-8H2,2H3,(H,13,17)(H,15,16). The van der Waals surface area contributed by atoms with Gasteiger partial charge in [0.1, 0.15) is 6.04 Å². The molecule has 0 aromatic heterocycles. The van der Waals surface area contributed by atoms with Crippen LogP contribution in [0, 0.1) is 0 Å². The molecule has 1 fully saturated rings. The third-order valence-corrected chi connectivity index (χ3v) is 2.78. The van der Waals surface area contributed by atoms with Gasteiger partial charge in [0.2, 0.25) is 0 Å². The lowest BCUT2D eigenvalue weighted by atomic mass is 10.2. The summed E-state index contributed by atoms with van der Waals surface area (Å²) in [6.45, 7) is 4.41. The summed E-state index contributed by atoms with van der Waals surface area (Å²) in [5.41, 5.74) is 0. The van der Waals surface area contributed by atoms with Gasteiger partial charge in [-0.25, -0.2) is 9.59 Å². The van der Waals surface area contributed by atoms with Crippen molar-refractivity contribution in [2.24, 2.45) is 0 Å². The number of carbonyl (C=O) groups is 2. The molecule has 0 heterocycles. The lowest BCUT2D eigenvalue weighted by Crippen LogP contribution is -2.49. The number of methoxy groups -OCH3 is 1. The van der Waals surface area contributed by atoms with Crippen LogP contribution in [-0.2, 0) is 9.53 Å². The number of amides is 2. The van der Waals surface area contributed by atoms with E-state index in [1.54, 1.807) is 12.0 Å². The van der Waals surface area contributed by atoms with Crippen molar-refractivity contribution in [3.8, 4) is 0 Å². The molecule has 1 atom stereocenters. The molecule has 18 heavy (non-hydrogen) atoms. The number of rotatable bonds is 8. The van der Waals surface area contributed by atoms with Crippen molar-refractivity contribution in [1.82, 2.24) is 10.2 Å². The number of nitrogens with zero attached hydrogens (tertiary/aromatic N) is 1. The molecule has 0 aromatic rings. The predicted octanol–water partition coefficient (Wildman–Crippen LogP) is 0.836. The topological polar surface area (TPSA) is 78.9 Å². The Hall–Kier alpha value is -1.56. The minimum Gasteiger partial charge on any atom is -0.480 e. The van der Waals surface area contributed by atoms with Gasteiger partial charge in [0.25, 0.3) is 0 Å². The minimum atomic E-state index is -1.05. The van der Waals surface area contributed by atoms with E-state index in [1.807, 2.05) is 0 Å². The zero-order valence-corrected chi connectivity index (χ0v) is 10.6. The molecule has 0 aliphatic heterocycles. The van der Waals surface area contributed by atoms with Crippen molar-refractivity contribution in [2.75, 3.05) is 20.3 Å². The van der Waals surface area contributed by atoms with Crippen LogP contribution in [0.4, 0.5) is 4.79 Å². The van der Waals surface area contributed by atoms with Gasteiger partial charge in [-0.15, -0.1) is 6.58 Å². The normalized spacial score (nSPS) is 15.8. The van der Waals surface area contributed by atoms with Crippen LogP contribution in [0.2, 0.25) is 0 Å². The van der Waals surface area contributed by atoms with Crippen molar-refractivity contribution in [2.45, 2.75) is 31.3 Å². The Balaban J connectivity index is 2.53. The van der Waals surface area contributed by atoms with Gasteiger partial charge in [-0.05, 0) is 19.3 Å². The summed E-state index contributed by atoms with van der Waals surface area (Å²) in [6, 6.07) is -1.04. The lowest BCUT2D eigenvalue weighted by molar-refractivity contribution is -0.139. The summed E-state index contributed by atoms with van der Waals surface area (Å²) in [4.78, 5) is 24.6. The quantitative estimate of drug-likeness (QED) is 0.631. The molecule has 6 heteroatoms. The second kappa shape index (κ2) is 7.00. The van der Waals surface area contributed by atoms with E-state index >= 15 is 0 Å². The van der Waals surface area contributed by atoms with Crippen molar-refractivity contribution in [3.63, 3.8) is 0 Å². The molecule has 1 aliphatic rings. The van der Waals surface area contributed by atoms with Crippen LogP contribution in [0.5, 0.6) is 0 Å². The zero-order chi connectivity index (χ0) is 13.5. The average molecular weight is 256 g/mol. The van der Waals surface area contributed by atoms with Crippen LogP contribution in [0.15, 0.2) is 12.7 Å². The first kappa shape index (κ1) is 14.5. The van der Waals surface area contributed by atoms with E-state index in [9.17, 15) is 9.59 Å². The maximum absolute atomic E-state index is 12.0. The number of hydrogen-bond donors (Lipinski definition) is 2. The number of carboxylic acid groups (broad SMARTS) is 1. The summed E-state index contributed by atoms with van der Waals surface area (Å²) in [5.74, 6) is -1.05. The molecule has 1 rings (SSSR count). The maximum atomic E-state index is 12.0. The third-order valence-electron chi connectivity index (χ3n) is 2.78. The highest BCUT2D eigenvalue weighted by Crippen LogP contribution is 2.26. The summed E-state index contributed by atoms with van der Waals surface area (Å²) < 4.78 is 4.95. The highest BCUT2D eigenvalue weighted by molar-refractivity contribution is 5.83. The Morgan fingerprint density at radius 1 is 1.61 bits per heavy atom. The van der Waals surface area contributed by atoms with Crippen LogP contribution >= 0.6 is 0 Å². The molecule has 0 saturated heterocycles. The van der Waals surface area contributed by atoms with Gasteiger partial charge in [0.05, 0.1) is 6.61 Å². The SMILES string of the molecule is C=CCC(NC(=O)N(CCOC)C1CC1)C(=O)O. The Morgan fingerprint density at radius 3 is 2.72 bits per heavy atom. The number of carboxylic acids is 1. The van der Waals surface area contributed by atoms with E-state index in [0.717, 1.165) is 12.8 Å². The molecule has 1 aliphatic carbocycles. The number of hydrogen-bond acceptors (Lipinski definition) is 3. The minimum absolute atomic E-state index is 0.212. The van der Waals surface area contributed by atoms with Crippen molar-refractivity contribution in [3.05, 3.63) is 12.7 Å². The summed E-state index contributed by atoms with van der Waals surface area (Å²) >= 11 is 0. The monoisotopic (exact) mass is 256 g/mol. The smallest absolute Gasteiger partial charge is 0.326 e. The molecule has 2 amide bonds. The molecule has 0 bridgehead atoms. The molecular weight excluding hydrogens is 236 g/mol. The molecule has 0 spiro atoms. The predicted molar refractivity (Wildman–Crippen MR) is 66.4 cm³/mol. The average Bonchev–Trinajstić information content (AvgIpc) is 3.13. The number of aliphatic carboxylic acids is 1. The van der Waals surface area contributed by atoms with Gasteiger partial charge in [-0.3, -0.25) is 0 Å². The maximum Gasteiger partial charge on any atom is 0.326 e. The third kappa shape index (κ3) is 4.37. The number of ether oxygens (including phenoxy) is 1. The van der Waals surface area contributed by atoms with E-state index in [-0.39, 0.29) is 18.5 Å². The first-order valence-electron chi connectivity index (χ1n) is 6.00. The van der Waals surface area contributed by atoms with Gasteiger partial charge < -0.3 is 20.1 Å². The Kier molecular flexibility index (Phi) is 5.64. The summed E-state index contributed by atoms with van der Waals surface area (Å²) in [6.07, 6.45) is 3.63. The lowest BCUT2D eigenvalue weighted by Gasteiger charge is -2.24. The number of nitrogens with one attached hydrogen (secondary N) is 1. The Bertz CT molecular complexity index is 315. The van der Waals surface area contributed by atoms with Crippen LogP contribution in [0.25, 0.3) is 0 Å². The van der Waals surface area contributed by atoms with E-state index < -0.39 is 12.0 Å². The number of urea groups is 1. The first-order valence-corrected chi connectivity index (χ1v) is 6.00. The second-order valence-corrected chi connectivity index (χ2v) is 4.28. The van der Waals surface area contributed by atoms with Crippen LogP contribution in [0.1, 0.15) is 19.3 Å². The van der Waals surface area contributed by atoms with E-state index in [4.69, 9.17) is 9.84 Å². The fourth-order valence-electron chi connectivity index (χ4n) is 1.65. The molecule has 0 radical (unpaired) electrons. The molecule has 6 nitrogen and oxygen atoms in total. The fourth-order valence-corrected chi connectivity index (χ4v) is 1.65. The van der Waals surface area contributed by atoms with Crippen molar-refractivity contribution >= 4 is 12.0 Å². The van der Waals surface area contributed by atoms with E-state index in [0.29, 0.717) is 13.2 Å². The second-order valence-electron chi connectivity index (χ2n) is 4.28. The van der Waals surface area contributed by atoms with Crippen molar-refractivity contribution < 1.29 is 19.4 Å². The summed E-state index contributed by atoms with van der Waals surface area (Å²) in [5, 5.41) is 11.5.